The predicted molar refractivity (Wildman–Crippen MR) is 75.1 cm³/mol. The van der Waals surface area contributed by atoms with Gasteiger partial charge in [0.05, 0.1) is 4.92 Å². The molecule has 0 spiro atoms. The lowest BCUT2D eigenvalue weighted by atomic mass is 10.1. The fourth-order valence-corrected chi connectivity index (χ4v) is 2.29. The molecule has 108 valence electrons. The van der Waals surface area contributed by atoms with Crippen molar-refractivity contribution in [3.63, 3.8) is 0 Å². The van der Waals surface area contributed by atoms with Gasteiger partial charge in [-0.1, -0.05) is 20.8 Å². The second-order valence-electron chi connectivity index (χ2n) is 5.06. The van der Waals surface area contributed by atoms with Gasteiger partial charge in [-0.3, -0.25) is 14.7 Å². The Morgan fingerprint density at radius 3 is 2.70 bits per heavy atom. The van der Waals surface area contributed by atoms with Crippen LogP contribution in [0.2, 0.25) is 0 Å². The van der Waals surface area contributed by atoms with Crippen LogP contribution in [0.3, 0.4) is 0 Å². The third-order valence-electron chi connectivity index (χ3n) is 3.17. The first-order valence-electron chi connectivity index (χ1n) is 6.71. The summed E-state index contributed by atoms with van der Waals surface area (Å²) in [7, 11) is 1.73. The third kappa shape index (κ3) is 2.31. The maximum atomic E-state index is 11.4. The summed E-state index contributed by atoms with van der Waals surface area (Å²) in [6.07, 6.45) is 5.11. The highest BCUT2D eigenvalue weighted by Crippen LogP contribution is 2.32. The number of hydrogen-bond donors (Lipinski definition) is 0. The van der Waals surface area contributed by atoms with E-state index in [0.717, 1.165) is 18.7 Å². The van der Waals surface area contributed by atoms with Crippen molar-refractivity contribution in [2.75, 3.05) is 0 Å². The van der Waals surface area contributed by atoms with Gasteiger partial charge in [-0.2, -0.15) is 5.10 Å². The number of hydrogen-bond acceptors (Lipinski definition) is 4. The van der Waals surface area contributed by atoms with E-state index in [-0.39, 0.29) is 16.5 Å². The molecule has 2 heterocycles. The molecule has 0 aliphatic rings. The zero-order chi connectivity index (χ0) is 14.9. The van der Waals surface area contributed by atoms with Gasteiger partial charge in [0, 0.05) is 31.8 Å². The van der Waals surface area contributed by atoms with E-state index in [1.807, 2.05) is 13.8 Å². The molecule has 0 saturated heterocycles. The molecule has 0 amide bonds. The molecule has 7 nitrogen and oxygen atoms in total. The number of nitrogens with zero attached hydrogens (tertiary/aromatic N) is 5. The van der Waals surface area contributed by atoms with Crippen molar-refractivity contribution in [2.45, 2.75) is 39.5 Å². The number of nitro groups is 1. The fraction of sp³-hybridized carbons (Fsp3) is 0.538. The van der Waals surface area contributed by atoms with E-state index >= 15 is 0 Å². The SMILES string of the molecule is CCCc1nccn1-c1c([N+](=O)[O-])c(C(C)C)nn1C. The van der Waals surface area contributed by atoms with Crippen LogP contribution in [0, 0.1) is 10.1 Å². The molecule has 0 bridgehead atoms. The minimum atomic E-state index is -0.354. The second-order valence-corrected chi connectivity index (χ2v) is 5.06. The summed E-state index contributed by atoms with van der Waals surface area (Å²) in [6.45, 7) is 5.86. The van der Waals surface area contributed by atoms with Crippen LogP contribution in [0.5, 0.6) is 0 Å². The molecule has 0 saturated carbocycles. The van der Waals surface area contributed by atoms with E-state index in [2.05, 4.69) is 17.0 Å². The molecule has 0 aliphatic heterocycles. The van der Waals surface area contributed by atoms with E-state index in [0.29, 0.717) is 11.5 Å². The van der Waals surface area contributed by atoms with E-state index < -0.39 is 0 Å². The van der Waals surface area contributed by atoms with Crippen molar-refractivity contribution >= 4 is 5.69 Å². The normalized spacial score (nSPS) is 11.2. The highest BCUT2D eigenvalue weighted by molar-refractivity contribution is 5.53. The van der Waals surface area contributed by atoms with Gasteiger partial charge in [-0.05, 0) is 6.42 Å². The summed E-state index contributed by atoms with van der Waals surface area (Å²) in [4.78, 5) is 15.4. The number of aryl methyl sites for hydroxylation is 2. The number of rotatable bonds is 5. The lowest BCUT2D eigenvalue weighted by Gasteiger charge is -2.06. The molecule has 7 heteroatoms. The highest BCUT2D eigenvalue weighted by atomic mass is 16.6. The summed E-state index contributed by atoms with van der Waals surface area (Å²) < 4.78 is 3.33. The van der Waals surface area contributed by atoms with Crippen molar-refractivity contribution in [2.24, 2.45) is 7.05 Å². The Bertz CT molecular complexity index is 627. The van der Waals surface area contributed by atoms with Gasteiger partial charge in [0.1, 0.15) is 11.5 Å². The van der Waals surface area contributed by atoms with Crippen molar-refractivity contribution in [1.82, 2.24) is 19.3 Å². The molecule has 0 atom stereocenters. The summed E-state index contributed by atoms with van der Waals surface area (Å²) in [6, 6.07) is 0. The van der Waals surface area contributed by atoms with Gasteiger partial charge in [-0.25, -0.2) is 9.67 Å². The summed E-state index contributed by atoms with van der Waals surface area (Å²) >= 11 is 0. The zero-order valence-corrected chi connectivity index (χ0v) is 12.2. The number of aromatic nitrogens is 4. The van der Waals surface area contributed by atoms with E-state index in [1.165, 1.54) is 0 Å². The average molecular weight is 277 g/mol. The van der Waals surface area contributed by atoms with Gasteiger partial charge in [-0.15, -0.1) is 0 Å². The molecule has 0 aromatic carbocycles. The van der Waals surface area contributed by atoms with Gasteiger partial charge in [0.15, 0.2) is 0 Å². The minimum Gasteiger partial charge on any atom is -0.282 e. The largest absolute Gasteiger partial charge is 0.335 e. The molecule has 2 rings (SSSR count). The van der Waals surface area contributed by atoms with Crippen LogP contribution in [-0.4, -0.2) is 24.3 Å². The van der Waals surface area contributed by atoms with Crippen LogP contribution in [0.4, 0.5) is 5.69 Å². The molecule has 0 unspecified atom stereocenters. The lowest BCUT2D eigenvalue weighted by molar-refractivity contribution is -0.385. The Labute approximate surface area is 117 Å². The highest BCUT2D eigenvalue weighted by Gasteiger charge is 2.30. The molecule has 20 heavy (non-hydrogen) atoms. The van der Waals surface area contributed by atoms with Crippen LogP contribution < -0.4 is 0 Å². The molecule has 0 N–H and O–H groups in total. The smallest absolute Gasteiger partial charge is 0.282 e. The topological polar surface area (TPSA) is 78.8 Å². The van der Waals surface area contributed by atoms with Crippen molar-refractivity contribution in [1.29, 1.82) is 0 Å². The van der Waals surface area contributed by atoms with Gasteiger partial charge >= 0.3 is 5.69 Å². The van der Waals surface area contributed by atoms with E-state index in [1.54, 1.807) is 28.7 Å². The Hall–Kier alpha value is -2.18. The Kier molecular flexibility index (Phi) is 3.87. The maximum Gasteiger partial charge on any atom is 0.335 e. The average Bonchev–Trinajstić information content (AvgIpc) is 2.93. The Morgan fingerprint density at radius 1 is 1.45 bits per heavy atom. The van der Waals surface area contributed by atoms with Crippen LogP contribution in [0.15, 0.2) is 12.4 Å². The second kappa shape index (κ2) is 5.44. The standard InChI is InChI=1S/C13H19N5O2/c1-5-6-10-14-7-8-17(10)13-12(18(19)20)11(9(2)3)15-16(13)4/h7-9H,5-6H2,1-4H3. The Balaban J connectivity index is 2.67. The molecule has 0 aliphatic carbocycles. The maximum absolute atomic E-state index is 11.4. The fourth-order valence-electron chi connectivity index (χ4n) is 2.29. The molecule has 2 aromatic heterocycles. The van der Waals surface area contributed by atoms with E-state index in [4.69, 9.17) is 0 Å². The van der Waals surface area contributed by atoms with Crippen LogP contribution in [0.25, 0.3) is 5.82 Å². The predicted octanol–water partition coefficient (Wildman–Crippen LogP) is 2.59. The van der Waals surface area contributed by atoms with Gasteiger partial charge < -0.3 is 0 Å². The van der Waals surface area contributed by atoms with Crippen molar-refractivity contribution in [3.8, 4) is 5.82 Å². The van der Waals surface area contributed by atoms with Gasteiger partial charge in [0.25, 0.3) is 0 Å². The summed E-state index contributed by atoms with van der Waals surface area (Å²) in [5.74, 6) is 1.28. The number of imidazole rings is 1. The van der Waals surface area contributed by atoms with Gasteiger partial charge in [0.2, 0.25) is 5.82 Å². The third-order valence-corrected chi connectivity index (χ3v) is 3.17. The first kappa shape index (κ1) is 14.2. The molecule has 2 aromatic rings. The Morgan fingerprint density at radius 2 is 2.15 bits per heavy atom. The first-order valence-corrected chi connectivity index (χ1v) is 6.71. The molecular formula is C13H19N5O2. The lowest BCUT2D eigenvalue weighted by Crippen LogP contribution is -2.08. The van der Waals surface area contributed by atoms with E-state index in [9.17, 15) is 10.1 Å². The summed E-state index contributed by atoms with van der Waals surface area (Å²) in [5, 5.41) is 15.8. The molecular weight excluding hydrogens is 258 g/mol. The molecule has 0 radical (unpaired) electrons. The van der Waals surface area contributed by atoms with Crippen molar-refractivity contribution < 1.29 is 4.92 Å². The minimum absolute atomic E-state index is 0.00602. The van der Waals surface area contributed by atoms with Crippen LogP contribution in [-0.2, 0) is 13.5 Å². The summed E-state index contributed by atoms with van der Waals surface area (Å²) in [5.41, 5.74) is 0.571. The first-order chi connectivity index (χ1) is 9.47. The zero-order valence-electron chi connectivity index (χ0n) is 12.2. The quantitative estimate of drug-likeness (QED) is 0.621. The monoisotopic (exact) mass is 277 g/mol. The van der Waals surface area contributed by atoms with Crippen LogP contribution in [0.1, 0.15) is 44.6 Å². The molecule has 0 fully saturated rings. The van der Waals surface area contributed by atoms with Crippen molar-refractivity contribution in [3.05, 3.63) is 34.0 Å². The van der Waals surface area contributed by atoms with Crippen LogP contribution >= 0.6 is 0 Å².